The van der Waals surface area contributed by atoms with Crippen molar-refractivity contribution in [2.24, 2.45) is 0 Å². The predicted molar refractivity (Wildman–Crippen MR) is 80.6 cm³/mol. The lowest BCUT2D eigenvalue weighted by Crippen LogP contribution is -2.09. The molecule has 0 radical (unpaired) electrons. The molecule has 6 heteroatoms. The summed E-state index contributed by atoms with van der Waals surface area (Å²) in [6.45, 7) is -0.172. The molecule has 21 heavy (non-hydrogen) atoms. The minimum atomic E-state index is -0.631. The second-order valence-corrected chi connectivity index (χ2v) is 5.18. The minimum absolute atomic E-state index is 0.172. The standard InChI is InChI=1S/C15H13BrFNO3/c1-20-11-4-5-14(18)12(7-11)15(19)21-8-9-2-3-10(16)6-13(9)17/h2-7H,8,18H2,1H3. The third kappa shape index (κ3) is 3.72. The second kappa shape index (κ2) is 6.58. The number of nitrogen functional groups attached to an aromatic ring is 1. The molecule has 0 aliphatic carbocycles. The van der Waals surface area contributed by atoms with Crippen LogP contribution in [0.4, 0.5) is 10.1 Å². The van der Waals surface area contributed by atoms with Gasteiger partial charge in [0.15, 0.2) is 0 Å². The molecule has 4 nitrogen and oxygen atoms in total. The van der Waals surface area contributed by atoms with Crippen LogP contribution in [0.5, 0.6) is 5.75 Å². The van der Waals surface area contributed by atoms with Crippen molar-refractivity contribution in [3.63, 3.8) is 0 Å². The Morgan fingerprint density at radius 3 is 2.71 bits per heavy atom. The number of hydrogen-bond donors (Lipinski definition) is 1. The zero-order valence-corrected chi connectivity index (χ0v) is 12.8. The monoisotopic (exact) mass is 353 g/mol. The van der Waals surface area contributed by atoms with Crippen molar-refractivity contribution < 1.29 is 18.7 Å². The fourth-order valence-electron chi connectivity index (χ4n) is 1.70. The van der Waals surface area contributed by atoms with Crippen LogP contribution in [0, 0.1) is 5.82 Å². The van der Waals surface area contributed by atoms with Crippen molar-refractivity contribution in [1.82, 2.24) is 0 Å². The molecule has 0 amide bonds. The molecule has 0 saturated carbocycles. The second-order valence-electron chi connectivity index (χ2n) is 4.27. The molecule has 0 aromatic heterocycles. The van der Waals surface area contributed by atoms with E-state index in [0.29, 0.717) is 10.2 Å². The Morgan fingerprint density at radius 2 is 2.05 bits per heavy atom. The molecular weight excluding hydrogens is 341 g/mol. The number of esters is 1. The van der Waals surface area contributed by atoms with Gasteiger partial charge in [-0.05, 0) is 30.3 Å². The largest absolute Gasteiger partial charge is 0.497 e. The number of nitrogens with two attached hydrogens (primary N) is 1. The molecule has 2 aromatic carbocycles. The highest BCUT2D eigenvalue weighted by molar-refractivity contribution is 9.10. The highest BCUT2D eigenvalue weighted by Gasteiger charge is 2.14. The highest BCUT2D eigenvalue weighted by atomic mass is 79.9. The highest BCUT2D eigenvalue weighted by Crippen LogP contribution is 2.21. The lowest BCUT2D eigenvalue weighted by molar-refractivity contribution is 0.0470. The summed E-state index contributed by atoms with van der Waals surface area (Å²) < 4.78 is 24.4. The van der Waals surface area contributed by atoms with Crippen LogP contribution < -0.4 is 10.5 Å². The number of carbonyl (C=O) groups excluding carboxylic acids is 1. The summed E-state index contributed by atoms with van der Waals surface area (Å²) >= 11 is 3.16. The topological polar surface area (TPSA) is 61.5 Å². The van der Waals surface area contributed by atoms with Crippen molar-refractivity contribution in [1.29, 1.82) is 0 Å². The summed E-state index contributed by atoms with van der Waals surface area (Å²) in [6.07, 6.45) is 0. The van der Waals surface area contributed by atoms with Crippen LogP contribution in [0.1, 0.15) is 15.9 Å². The van der Waals surface area contributed by atoms with E-state index >= 15 is 0 Å². The van der Waals surface area contributed by atoms with Crippen molar-refractivity contribution in [2.75, 3.05) is 12.8 Å². The molecule has 0 spiro atoms. The van der Waals surface area contributed by atoms with E-state index in [1.165, 1.54) is 19.2 Å². The average Bonchev–Trinajstić information content (AvgIpc) is 2.46. The van der Waals surface area contributed by atoms with Crippen LogP contribution in [-0.2, 0) is 11.3 Å². The van der Waals surface area contributed by atoms with E-state index in [4.69, 9.17) is 15.2 Å². The maximum absolute atomic E-state index is 13.6. The molecule has 0 atom stereocenters. The first-order valence-corrected chi connectivity index (χ1v) is 6.85. The Morgan fingerprint density at radius 1 is 1.29 bits per heavy atom. The van der Waals surface area contributed by atoms with Crippen molar-refractivity contribution in [3.8, 4) is 5.75 Å². The quantitative estimate of drug-likeness (QED) is 0.674. The molecule has 2 rings (SSSR count). The lowest BCUT2D eigenvalue weighted by atomic mass is 10.1. The predicted octanol–water partition coefficient (Wildman–Crippen LogP) is 3.54. The molecule has 0 aliphatic rings. The first-order valence-electron chi connectivity index (χ1n) is 6.06. The summed E-state index contributed by atoms with van der Waals surface area (Å²) in [6, 6.07) is 9.20. The maximum atomic E-state index is 13.6. The van der Waals surface area contributed by atoms with Gasteiger partial charge < -0.3 is 15.2 Å². The van der Waals surface area contributed by atoms with Gasteiger partial charge in [0.1, 0.15) is 18.2 Å². The Labute approximate surface area is 129 Å². The number of ether oxygens (including phenoxy) is 2. The molecule has 0 fully saturated rings. The molecule has 0 unspecified atom stereocenters. The fraction of sp³-hybridized carbons (Fsp3) is 0.133. The van der Waals surface area contributed by atoms with Gasteiger partial charge in [-0.1, -0.05) is 22.0 Å². The summed E-state index contributed by atoms with van der Waals surface area (Å²) in [5.41, 5.74) is 6.47. The smallest absolute Gasteiger partial charge is 0.340 e. The van der Waals surface area contributed by atoms with Gasteiger partial charge in [0.05, 0.1) is 12.7 Å². The van der Waals surface area contributed by atoms with E-state index in [2.05, 4.69) is 15.9 Å². The molecule has 110 valence electrons. The SMILES string of the molecule is COc1ccc(N)c(C(=O)OCc2ccc(Br)cc2F)c1. The van der Waals surface area contributed by atoms with Crippen LogP contribution in [0.25, 0.3) is 0 Å². The van der Waals surface area contributed by atoms with Crippen molar-refractivity contribution >= 4 is 27.6 Å². The zero-order chi connectivity index (χ0) is 15.4. The Balaban J connectivity index is 2.11. The number of hydrogen-bond acceptors (Lipinski definition) is 4. The Kier molecular flexibility index (Phi) is 4.80. The van der Waals surface area contributed by atoms with Crippen LogP contribution in [0.15, 0.2) is 40.9 Å². The van der Waals surface area contributed by atoms with Gasteiger partial charge in [0, 0.05) is 15.7 Å². The third-order valence-corrected chi connectivity index (χ3v) is 3.35. The van der Waals surface area contributed by atoms with Gasteiger partial charge in [-0.25, -0.2) is 9.18 Å². The van der Waals surface area contributed by atoms with Crippen LogP contribution >= 0.6 is 15.9 Å². The van der Waals surface area contributed by atoms with Gasteiger partial charge in [-0.3, -0.25) is 0 Å². The molecular formula is C15H13BrFNO3. The van der Waals surface area contributed by atoms with Gasteiger partial charge >= 0.3 is 5.97 Å². The van der Waals surface area contributed by atoms with Gasteiger partial charge in [-0.15, -0.1) is 0 Å². The van der Waals surface area contributed by atoms with E-state index < -0.39 is 11.8 Å². The minimum Gasteiger partial charge on any atom is -0.497 e. The molecule has 0 saturated heterocycles. The van der Waals surface area contributed by atoms with Crippen molar-refractivity contribution in [2.45, 2.75) is 6.61 Å². The summed E-state index contributed by atoms with van der Waals surface area (Å²) in [5, 5.41) is 0. The van der Waals surface area contributed by atoms with E-state index in [9.17, 15) is 9.18 Å². The summed E-state index contributed by atoms with van der Waals surface area (Å²) in [7, 11) is 1.48. The number of benzene rings is 2. The summed E-state index contributed by atoms with van der Waals surface area (Å²) in [5.74, 6) is -0.588. The fourth-order valence-corrected chi connectivity index (χ4v) is 2.03. The number of methoxy groups -OCH3 is 1. The third-order valence-electron chi connectivity index (χ3n) is 2.85. The number of anilines is 1. The summed E-state index contributed by atoms with van der Waals surface area (Å²) in [4.78, 5) is 12.0. The average molecular weight is 354 g/mol. The van der Waals surface area contributed by atoms with E-state index in [1.54, 1.807) is 24.3 Å². The Hall–Kier alpha value is -2.08. The van der Waals surface area contributed by atoms with Gasteiger partial charge in [0.2, 0.25) is 0 Å². The first-order chi connectivity index (χ1) is 10.0. The number of carbonyl (C=O) groups is 1. The molecule has 0 bridgehead atoms. The first kappa shape index (κ1) is 15.3. The van der Waals surface area contributed by atoms with E-state index in [0.717, 1.165) is 0 Å². The number of rotatable bonds is 4. The van der Waals surface area contributed by atoms with Gasteiger partial charge in [-0.2, -0.15) is 0 Å². The maximum Gasteiger partial charge on any atom is 0.340 e. The normalized spacial score (nSPS) is 10.2. The Bertz CT molecular complexity index is 676. The molecule has 2 aromatic rings. The zero-order valence-electron chi connectivity index (χ0n) is 11.2. The van der Waals surface area contributed by atoms with E-state index in [-0.39, 0.29) is 23.4 Å². The van der Waals surface area contributed by atoms with Crippen molar-refractivity contribution in [3.05, 3.63) is 57.8 Å². The number of halogens is 2. The van der Waals surface area contributed by atoms with E-state index in [1.807, 2.05) is 0 Å². The molecule has 0 heterocycles. The van der Waals surface area contributed by atoms with Crippen LogP contribution in [0.3, 0.4) is 0 Å². The van der Waals surface area contributed by atoms with Gasteiger partial charge in [0.25, 0.3) is 0 Å². The van der Waals surface area contributed by atoms with Crippen LogP contribution in [0.2, 0.25) is 0 Å². The van der Waals surface area contributed by atoms with Crippen LogP contribution in [-0.4, -0.2) is 13.1 Å². The lowest BCUT2D eigenvalue weighted by Gasteiger charge is -2.09. The molecule has 2 N–H and O–H groups in total. The molecule has 0 aliphatic heterocycles.